The number of carbonyl (C=O) groups is 2. The Morgan fingerprint density at radius 2 is 1.73 bits per heavy atom. The van der Waals surface area contributed by atoms with E-state index in [-0.39, 0.29) is 17.5 Å². The van der Waals surface area contributed by atoms with Gasteiger partial charge < -0.3 is 0 Å². The molecule has 4 rings (SSSR count). The van der Waals surface area contributed by atoms with Crippen LogP contribution < -0.4 is 4.90 Å². The minimum atomic E-state index is -0.781. The van der Waals surface area contributed by atoms with E-state index in [1.807, 2.05) is 12.2 Å². The summed E-state index contributed by atoms with van der Waals surface area (Å²) in [5, 5.41) is 11.1. The second-order valence-electron chi connectivity index (χ2n) is 5.90. The van der Waals surface area contributed by atoms with Crippen LogP contribution >= 0.6 is 0 Å². The van der Waals surface area contributed by atoms with Crippen molar-refractivity contribution in [3.05, 3.63) is 46.3 Å². The number of amides is 2. The number of halogens is 1. The van der Waals surface area contributed by atoms with Gasteiger partial charge in [0.1, 0.15) is 11.5 Å². The third kappa shape index (κ3) is 1.53. The monoisotopic (exact) mass is 302 g/mol. The van der Waals surface area contributed by atoms with Gasteiger partial charge in [0.2, 0.25) is 11.8 Å². The Morgan fingerprint density at radius 3 is 2.27 bits per heavy atom. The molecule has 4 atom stereocenters. The lowest BCUT2D eigenvalue weighted by atomic mass is 9.85. The molecule has 0 N–H and O–H groups in total. The molecule has 2 bridgehead atoms. The Hall–Kier alpha value is -2.57. The fourth-order valence-corrected chi connectivity index (χ4v) is 3.97. The maximum Gasteiger partial charge on any atom is 0.296 e. The van der Waals surface area contributed by atoms with E-state index in [1.165, 1.54) is 0 Å². The molecule has 2 amide bonds. The SMILES string of the molecule is O=C1[C@@H]2[C@@H](C(=O)N1c1ccc(F)cc1[N+](=O)[O-])[C@H]1C=C[C@H]2C1. The Kier molecular flexibility index (Phi) is 2.52. The summed E-state index contributed by atoms with van der Waals surface area (Å²) in [5.41, 5.74) is -0.711. The molecule has 1 aromatic rings. The van der Waals surface area contributed by atoms with Crippen molar-refractivity contribution < 1.29 is 18.9 Å². The zero-order chi connectivity index (χ0) is 15.6. The van der Waals surface area contributed by atoms with Crippen molar-refractivity contribution >= 4 is 23.2 Å². The van der Waals surface area contributed by atoms with Crippen molar-refractivity contribution in [3.8, 4) is 0 Å². The zero-order valence-corrected chi connectivity index (χ0v) is 11.3. The quantitative estimate of drug-likeness (QED) is 0.362. The smallest absolute Gasteiger partial charge is 0.274 e. The Balaban J connectivity index is 1.81. The molecule has 7 heteroatoms. The van der Waals surface area contributed by atoms with Crippen molar-refractivity contribution in [2.24, 2.45) is 23.7 Å². The topological polar surface area (TPSA) is 80.5 Å². The van der Waals surface area contributed by atoms with E-state index in [0.717, 1.165) is 29.5 Å². The normalized spacial score (nSPS) is 32.0. The molecule has 1 saturated heterocycles. The predicted octanol–water partition coefficient (Wildman–Crippen LogP) is 2.05. The summed E-state index contributed by atoms with van der Waals surface area (Å²) in [7, 11) is 0. The van der Waals surface area contributed by atoms with E-state index in [2.05, 4.69) is 0 Å². The number of fused-ring (bicyclic) bond motifs is 5. The van der Waals surface area contributed by atoms with Crippen LogP contribution in [0.2, 0.25) is 0 Å². The summed E-state index contributed by atoms with van der Waals surface area (Å²) in [6, 6.07) is 2.88. The van der Waals surface area contributed by atoms with Crippen LogP contribution in [0.15, 0.2) is 30.4 Å². The zero-order valence-electron chi connectivity index (χ0n) is 11.3. The molecule has 22 heavy (non-hydrogen) atoms. The van der Waals surface area contributed by atoms with Crippen LogP contribution in [0.25, 0.3) is 0 Å². The van der Waals surface area contributed by atoms with Crippen molar-refractivity contribution in [1.29, 1.82) is 0 Å². The summed E-state index contributed by atoms with van der Waals surface area (Å²) >= 11 is 0. The second-order valence-corrected chi connectivity index (χ2v) is 5.90. The fourth-order valence-electron chi connectivity index (χ4n) is 3.97. The number of nitro benzene ring substituents is 1. The van der Waals surface area contributed by atoms with E-state index in [4.69, 9.17) is 0 Å². The third-order valence-electron chi connectivity index (χ3n) is 4.85. The van der Waals surface area contributed by atoms with Crippen molar-refractivity contribution in [1.82, 2.24) is 0 Å². The fraction of sp³-hybridized carbons (Fsp3) is 0.333. The van der Waals surface area contributed by atoms with E-state index < -0.39 is 40.1 Å². The van der Waals surface area contributed by atoms with Gasteiger partial charge in [-0.05, 0) is 30.4 Å². The van der Waals surface area contributed by atoms with E-state index >= 15 is 0 Å². The number of nitrogens with zero attached hydrogens (tertiary/aromatic N) is 2. The number of rotatable bonds is 2. The molecule has 1 heterocycles. The number of hydrogen-bond acceptors (Lipinski definition) is 4. The Bertz CT molecular complexity index is 730. The molecular weight excluding hydrogens is 291 g/mol. The first kappa shape index (κ1) is 13.1. The predicted molar refractivity (Wildman–Crippen MR) is 73.3 cm³/mol. The summed E-state index contributed by atoms with van der Waals surface area (Å²) in [4.78, 5) is 36.4. The van der Waals surface area contributed by atoms with E-state index in [0.29, 0.717) is 0 Å². The van der Waals surface area contributed by atoms with Gasteiger partial charge in [-0.2, -0.15) is 0 Å². The van der Waals surface area contributed by atoms with Gasteiger partial charge in [0.15, 0.2) is 0 Å². The van der Waals surface area contributed by atoms with Crippen molar-refractivity contribution in [2.45, 2.75) is 6.42 Å². The molecular formula is C15H11FN2O4. The van der Waals surface area contributed by atoms with Crippen LogP contribution in [0.4, 0.5) is 15.8 Å². The lowest BCUT2D eigenvalue weighted by Gasteiger charge is -2.17. The van der Waals surface area contributed by atoms with Gasteiger partial charge in [-0.25, -0.2) is 9.29 Å². The van der Waals surface area contributed by atoms with Crippen LogP contribution in [0.1, 0.15) is 6.42 Å². The maximum absolute atomic E-state index is 13.3. The van der Waals surface area contributed by atoms with Crippen LogP contribution in [-0.4, -0.2) is 16.7 Å². The minimum absolute atomic E-state index is 0.0240. The highest BCUT2D eigenvalue weighted by Crippen LogP contribution is 2.53. The van der Waals surface area contributed by atoms with Crippen LogP contribution in [0, 0.1) is 39.6 Å². The molecule has 1 saturated carbocycles. The Morgan fingerprint density at radius 1 is 1.14 bits per heavy atom. The van der Waals surface area contributed by atoms with Crippen molar-refractivity contribution in [2.75, 3.05) is 4.90 Å². The van der Waals surface area contributed by atoms with Gasteiger partial charge in [-0.1, -0.05) is 12.2 Å². The number of allylic oxidation sites excluding steroid dienone is 2. The first-order valence-corrected chi connectivity index (χ1v) is 6.99. The molecule has 112 valence electrons. The molecule has 2 fully saturated rings. The Labute approximate surface area is 124 Å². The number of hydrogen-bond donors (Lipinski definition) is 0. The molecule has 0 aromatic heterocycles. The molecule has 3 aliphatic rings. The molecule has 1 aromatic carbocycles. The average molecular weight is 302 g/mol. The molecule has 0 spiro atoms. The maximum atomic E-state index is 13.3. The standard InChI is InChI=1S/C15H11FN2O4/c16-9-3-4-10(11(6-9)18(21)22)17-14(19)12-7-1-2-8(5-7)13(12)15(17)20/h1-4,6-8,12-13H,5H2/t7-,8-,12-,13-/m0/s1. The highest BCUT2D eigenvalue weighted by molar-refractivity contribution is 6.23. The largest absolute Gasteiger partial charge is 0.296 e. The first-order chi connectivity index (χ1) is 10.5. The number of carbonyl (C=O) groups excluding carboxylic acids is 2. The number of imide groups is 1. The summed E-state index contributed by atoms with van der Waals surface area (Å²) in [6.45, 7) is 0. The van der Waals surface area contributed by atoms with Gasteiger partial charge in [0, 0.05) is 0 Å². The lowest BCUT2D eigenvalue weighted by Crippen LogP contribution is -2.33. The van der Waals surface area contributed by atoms with E-state index in [1.54, 1.807) is 0 Å². The van der Waals surface area contributed by atoms with Crippen LogP contribution in [0.5, 0.6) is 0 Å². The number of anilines is 1. The van der Waals surface area contributed by atoms with Gasteiger partial charge in [0.25, 0.3) is 5.69 Å². The highest BCUT2D eigenvalue weighted by atomic mass is 19.1. The summed E-state index contributed by atoms with van der Waals surface area (Å²) in [6.07, 6.45) is 4.67. The number of benzene rings is 1. The second kappa shape index (κ2) is 4.22. The molecule has 6 nitrogen and oxygen atoms in total. The summed E-state index contributed by atoms with van der Waals surface area (Å²) < 4.78 is 13.3. The first-order valence-electron chi connectivity index (χ1n) is 6.99. The van der Waals surface area contributed by atoms with E-state index in [9.17, 15) is 24.1 Å². The van der Waals surface area contributed by atoms with Gasteiger partial charge >= 0.3 is 0 Å². The lowest BCUT2D eigenvalue weighted by molar-refractivity contribution is -0.384. The highest BCUT2D eigenvalue weighted by Gasteiger charge is 2.60. The summed E-state index contributed by atoms with van der Waals surface area (Å²) in [5.74, 6) is -2.44. The van der Waals surface area contributed by atoms with Crippen molar-refractivity contribution in [3.63, 3.8) is 0 Å². The third-order valence-corrected chi connectivity index (χ3v) is 4.85. The molecule has 0 radical (unpaired) electrons. The van der Waals surface area contributed by atoms with Gasteiger partial charge in [-0.3, -0.25) is 19.7 Å². The van der Waals surface area contributed by atoms with Crippen LogP contribution in [0.3, 0.4) is 0 Å². The minimum Gasteiger partial charge on any atom is -0.274 e. The van der Waals surface area contributed by atoms with Gasteiger partial charge in [0.05, 0.1) is 22.8 Å². The average Bonchev–Trinajstić information content (AvgIpc) is 3.14. The van der Waals surface area contributed by atoms with Gasteiger partial charge in [-0.15, -0.1) is 0 Å². The van der Waals surface area contributed by atoms with Crippen LogP contribution in [-0.2, 0) is 9.59 Å². The molecule has 0 unspecified atom stereocenters. The molecule has 2 aliphatic carbocycles. The number of nitro groups is 1. The molecule has 1 aliphatic heterocycles.